The molecule has 0 aliphatic carbocycles. The Morgan fingerprint density at radius 1 is 1.12 bits per heavy atom. The third-order valence-corrected chi connectivity index (χ3v) is 4.37. The van der Waals surface area contributed by atoms with Crippen LogP contribution >= 0.6 is 0 Å². The van der Waals surface area contributed by atoms with Gasteiger partial charge in [-0.1, -0.05) is 6.58 Å². The first-order valence-electron chi connectivity index (χ1n) is 6.48. The van der Waals surface area contributed by atoms with Crippen molar-refractivity contribution in [2.45, 2.75) is 46.1 Å². The molecule has 2 heteroatoms. The zero-order valence-electron chi connectivity index (χ0n) is 11.3. The maximum atomic E-state index is 4.04. The summed E-state index contributed by atoms with van der Waals surface area (Å²) in [5.74, 6) is 0. The van der Waals surface area contributed by atoms with Crippen LogP contribution in [0.5, 0.6) is 0 Å². The van der Waals surface area contributed by atoms with Gasteiger partial charge in [0.2, 0.25) is 0 Å². The lowest BCUT2D eigenvalue weighted by Crippen LogP contribution is -2.65. The molecule has 2 aliphatic heterocycles. The molecule has 16 heavy (non-hydrogen) atoms. The van der Waals surface area contributed by atoms with Crippen molar-refractivity contribution in [3.8, 4) is 0 Å². The minimum Gasteiger partial charge on any atom is -0.375 e. The van der Waals surface area contributed by atoms with Crippen molar-refractivity contribution in [3.63, 3.8) is 0 Å². The average molecular weight is 222 g/mol. The first-order valence-corrected chi connectivity index (χ1v) is 6.48. The molecule has 0 aromatic heterocycles. The lowest BCUT2D eigenvalue weighted by atomic mass is 9.70. The molecule has 2 saturated heterocycles. The molecular formula is C14H26N2. The van der Waals surface area contributed by atoms with Crippen LogP contribution in [0.4, 0.5) is 0 Å². The van der Waals surface area contributed by atoms with Crippen molar-refractivity contribution in [3.05, 3.63) is 12.3 Å². The smallest absolute Gasteiger partial charge is 0.0180 e. The topological polar surface area (TPSA) is 6.48 Å². The van der Waals surface area contributed by atoms with Gasteiger partial charge in [-0.25, -0.2) is 0 Å². The van der Waals surface area contributed by atoms with E-state index in [2.05, 4.69) is 44.1 Å². The van der Waals surface area contributed by atoms with Gasteiger partial charge in [0, 0.05) is 37.4 Å². The third kappa shape index (κ3) is 2.13. The van der Waals surface area contributed by atoms with Gasteiger partial charge in [-0.15, -0.1) is 0 Å². The molecule has 0 amide bonds. The molecule has 0 bridgehead atoms. The Morgan fingerprint density at radius 3 is 2.00 bits per heavy atom. The van der Waals surface area contributed by atoms with Gasteiger partial charge in [-0.05, 0) is 46.0 Å². The fraction of sp³-hybridized carbons (Fsp3) is 0.857. The van der Waals surface area contributed by atoms with Gasteiger partial charge in [0.15, 0.2) is 0 Å². The van der Waals surface area contributed by atoms with E-state index in [-0.39, 0.29) is 0 Å². The quantitative estimate of drug-likeness (QED) is 0.673. The Hall–Kier alpha value is -0.500. The summed E-state index contributed by atoms with van der Waals surface area (Å²) >= 11 is 0. The number of hydrogen-bond acceptors (Lipinski definition) is 2. The van der Waals surface area contributed by atoms with Crippen molar-refractivity contribution < 1.29 is 0 Å². The maximum absolute atomic E-state index is 4.04. The SMILES string of the molecule is C=C(C)N1CCC2(CC1)CN(C(C)(C)C)C2. The van der Waals surface area contributed by atoms with Gasteiger partial charge in [-0.3, -0.25) is 4.90 Å². The van der Waals surface area contributed by atoms with Crippen molar-refractivity contribution in [2.75, 3.05) is 26.2 Å². The van der Waals surface area contributed by atoms with Gasteiger partial charge >= 0.3 is 0 Å². The number of likely N-dealkylation sites (tertiary alicyclic amines) is 2. The second kappa shape index (κ2) is 3.76. The number of nitrogens with zero attached hydrogens (tertiary/aromatic N) is 2. The zero-order valence-corrected chi connectivity index (χ0v) is 11.3. The molecule has 0 unspecified atom stereocenters. The summed E-state index contributed by atoms with van der Waals surface area (Å²) in [6.45, 7) is 18.2. The molecule has 92 valence electrons. The number of hydrogen-bond donors (Lipinski definition) is 0. The minimum absolute atomic E-state index is 0.358. The molecule has 0 N–H and O–H groups in total. The van der Waals surface area contributed by atoms with Crippen LogP contribution in [0.3, 0.4) is 0 Å². The summed E-state index contributed by atoms with van der Waals surface area (Å²) in [6.07, 6.45) is 2.71. The summed E-state index contributed by atoms with van der Waals surface area (Å²) in [6, 6.07) is 0. The summed E-state index contributed by atoms with van der Waals surface area (Å²) in [4.78, 5) is 5.05. The van der Waals surface area contributed by atoms with E-state index in [0.717, 1.165) is 0 Å². The molecule has 2 aliphatic rings. The van der Waals surface area contributed by atoms with Crippen molar-refractivity contribution >= 4 is 0 Å². The van der Waals surface area contributed by atoms with Gasteiger partial charge in [0.1, 0.15) is 0 Å². The average Bonchev–Trinajstić information content (AvgIpc) is 2.12. The van der Waals surface area contributed by atoms with E-state index in [9.17, 15) is 0 Å². The molecular weight excluding hydrogens is 196 g/mol. The summed E-state index contributed by atoms with van der Waals surface area (Å²) < 4.78 is 0. The van der Waals surface area contributed by atoms with Crippen LogP contribution < -0.4 is 0 Å². The lowest BCUT2D eigenvalue weighted by Gasteiger charge is -2.58. The highest BCUT2D eigenvalue weighted by Crippen LogP contribution is 2.43. The summed E-state index contributed by atoms with van der Waals surface area (Å²) in [5.41, 5.74) is 2.23. The molecule has 2 heterocycles. The standard InChI is InChI=1S/C14H26N2/c1-12(2)15-8-6-14(7-9-15)10-16(11-14)13(3,4)5/h1,6-11H2,2-5H3. The molecule has 0 atom stereocenters. The van der Waals surface area contributed by atoms with Crippen LogP contribution in [-0.4, -0.2) is 41.5 Å². The van der Waals surface area contributed by atoms with E-state index in [4.69, 9.17) is 0 Å². The Bertz CT molecular complexity index is 272. The second-order valence-electron chi connectivity index (χ2n) is 6.75. The fourth-order valence-corrected chi connectivity index (χ4v) is 2.92. The zero-order chi connectivity index (χ0) is 12.0. The van der Waals surface area contributed by atoms with Crippen molar-refractivity contribution in [1.29, 1.82) is 0 Å². The van der Waals surface area contributed by atoms with Crippen LogP contribution in [-0.2, 0) is 0 Å². The van der Waals surface area contributed by atoms with Crippen LogP contribution in [0.2, 0.25) is 0 Å². The molecule has 2 fully saturated rings. The number of allylic oxidation sites excluding steroid dienone is 1. The number of rotatable bonds is 1. The van der Waals surface area contributed by atoms with Gasteiger partial charge in [0.25, 0.3) is 0 Å². The van der Waals surface area contributed by atoms with Crippen LogP contribution in [0.1, 0.15) is 40.5 Å². The lowest BCUT2D eigenvalue weighted by molar-refractivity contribution is -0.0865. The second-order valence-corrected chi connectivity index (χ2v) is 6.75. The van der Waals surface area contributed by atoms with E-state index >= 15 is 0 Å². The molecule has 2 nitrogen and oxygen atoms in total. The first kappa shape index (κ1) is 12.0. The Kier molecular flexibility index (Phi) is 2.82. The van der Waals surface area contributed by atoms with Gasteiger partial charge in [-0.2, -0.15) is 0 Å². The highest BCUT2D eigenvalue weighted by molar-refractivity contribution is 5.04. The van der Waals surface area contributed by atoms with Crippen molar-refractivity contribution in [2.24, 2.45) is 5.41 Å². The van der Waals surface area contributed by atoms with E-state index in [0.29, 0.717) is 11.0 Å². The highest BCUT2D eigenvalue weighted by Gasteiger charge is 2.47. The van der Waals surface area contributed by atoms with Crippen LogP contribution in [0.15, 0.2) is 12.3 Å². The van der Waals surface area contributed by atoms with E-state index in [1.165, 1.54) is 44.7 Å². The Balaban J connectivity index is 1.85. The molecule has 0 saturated carbocycles. The highest BCUT2D eigenvalue weighted by atomic mass is 15.3. The predicted molar refractivity (Wildman–Crippen MR) is 69.4 cm³/mol. The normalized spacial score (nSPS) is 25.6. The minimum atomic E-state index is 0.358. The predicted octanol–water partition coefficient (Wildman–Crippen LogP) is 2.72. The van der Waals surface area contributed by atoms with Crippen LogP contribution in [0, 0.1) is 5.41 Å². The third-order valence-electron chi connectivity index (χ3n) is 4.37. The van der Waals surface area contributed by atoms with Crippen molar-refractivity contribution in [1.82, 2.24) is 9.80 Å². The fourth-order valence-electron chi connectivity index (χ4n) is 2.92. The van der Waals surface area contributed by atoms with Gasteiger partial charge < -0.3 is 4.90 Å². The molecule has 0 aromatic rings. The molecule has 1 spiro atoms. The number of piperidine rings is 1. The summed E-state index contributed by atoms with van der Waals surface area (Å²) in [5, 5.41) is 0. The largest absolute Gasteiger partial charge is 0.375 e. The van der Waals surface area contributed by atoms with E-state index in [1.54, 1.807) is 0 Å². The van der Waals surface area contributed by atoms with E-state index < -0.39 is 0 Å². The molecule has 2 rings (SSSR count). The maximum Gasteiger partial charge on any atom is 0.0180 e. The monoisotopic (exact) mass is 222 g/mol. The van der Waals surface area contributed by atoms with Crippen LogP contribution in [0.25, 0.3) is 0 Å². The summed E-state index contributed by atoms with van der Waals surface area (Å²) in [7, 11) is 0. The Labute approximate surface area is 100 Å². The van der Waals surface area contributed by atoms with E-state index in [1.807, 2.05) is 0 Å². The van der Waals surface area contributed by atoms with Gasteiger partial charge in [0.05, 0.1) is 0 Å². The molecule has 0 radical (unpaired) electrons. The first-order chi connectivity index (χ1) is 7.32. The molecule has 0 aromatic carbocycles. The Morgan fingerprint density at radius 2 is 1.62 bits per heavy atom.